The molecule has 0 fully saturated rings. The topological polar surface area (TPSA) is 38.7 Å². The van der Waals surface area contributed by atoms with Gasteiger partial charge in [0.1, 0.15) is 0 Å². The fraction of sp³-hybridized carbons (Fsp3) is 0.0172. The first-order valence-corrected chi connectivity index (χ1v) is 20.7. The molecule has 0 bridgehead atoms. The Balaban J connectivity index is 0.975. The van der Waals surface area contributed by atoms with Gasteiger partial charge in [0.15, 0.2) is 5.82 Å². The van der Waals surface area contributed by atoms with Crippen molar-refractivity contribution in [3.63, 3.8) is 0 Å². The molecule has 1 aliphatic carbocycles. The van der Waals surface area contributed by atoms with E-state index in [1.165, 1.54) is 44.5 Å². The zero-order valence-corrected chi connectivity index (χ0v) is 33.4. The van der Waals surface area contributed by atoms with Crippen LogP contribution in [0.2, 0.25) is 0 Å². The van der Waals surface area contributed by atoms with Crippen molar-refractivity contribution in [2.45, 2.75) is 5.41 Å². The molecule has 1 aliphatic rings. The Bertz CT molecular complexity index is 3100. The second kappa shape index (κ2) is 15.3. The van der Waals surface area contributed by atoms with E-state index in [0.29, 0.717) is 5.82 Å². The Morgan fingerprint density at radius 3 is 1.44 bits per heavy atom. The lowest BCUT2D eigenvalue weighted by Gasteiger charge is -2.34. The van der Waals surface area contributed by atoms with Crippen LogP contribution in [0.5, 0.6) is 0 Å². The van der Waals surface area contributed by atoms with Crippen molar-refractivity contribution >= 4 is 0 Å². The van der Waals surface area contributed by atoms with E-state index in [1.807, 2.05) is 30.5 Å². The average molecular weight is 778 g/mol. The van der Waals surface area contributed by atoms with Crippen LogP contribution in [0.1, 0.15) is 22.3 Å². The van der Waals surface area contributed by atoms with Crippen LogP contribution in [0.25, 0.3) is 78.4 Å². The minimum Gasteiger partial charge on any atom is -0.264 e. The molecule has 2 aromatic heterocycles. The highest BCUT2D eigenvalue weighted by Gasteiger charge is 2.46. The number of rotatable bonds is 8. The molecular weight excluding hydrogens is 739 g/mol. The zero-order valence-electron chi connectivity index (χ0n) is 33.4. The molecule has 0 saturated heterocycles. The first-order chi connectivity index (χ1) is 30.2. The summed E-state index contributed by atoms with van der Waals surface area (Å²) >= 11 is 0. The molecule has 0 unspecified atom stereocenters. The van der Waals surface area contributed by atoms with Gasteiger partial charge in [-0.3, -0.25) is 4.98 Å². The minimum atomic E-state index is -0.442. The van der Waals surface area contributed by atoms with E-state index in [-0.39, 0.29) is 0 Å². The van der Waals surface area contributed by atoms with Crippen molar-refractivity contribution in [3.05, 3.63) is 259 Å². The number of hydrogen-bond donors (Lipinski definition) is 0. The Morgan fingerprint density at radius 1 is 0.311 bits per heavy atom. The van der Waals surface area contributed by atoms with Gasteiger partial charge in [0.2, 0.25) is 0 Å². The molecule has 0 spiro atoms. The number of hydrogen-bond acceptors (Lipinski definition) is 3. The average Bonchev–Trinajstić information content (AvgIpc) is 3.66. The SMILES string of the molecule is c1ccc(-c2nc(-c3ccc(-c4cccnc4)cc3)cc(-c3ccc(-c4cccc(-c5cccc6c5-c5ccccc5C6(c5ccccc5)c5ccccc5)c4)cc3)n2)cc1. The number of benzene rings is 8. The zero-order chi connectivity index (χ0) is 40.6. The molecule has 11 rings (SSSR count). The summed E-state index contributed by atoms with van der Waals surface area (Å²) in [7, 11) is 0. The highest BCUT2D eigenvalue weighted by atomic mass is 14.9. The molecule has 61 heavy (non-hydrogen) atoms. The quantitative estimate of drug-likeness (QED) is 0.154. The van der Waals surface area contributed by atoms with Crippen LogP contribution < -0.4 is 0 Å². The Hall–Kier alpha value is -8.01. The van der Waals surface area contributed by atoms with Crippen molar-refractivity contribution in [2.75, 3.05) is 0 Å². The molecule has 8 aromatic carbocycles. The summed E-state index contributed by atoms with van der Waals surface area (Å²) in [6.45, 7) is 0. The van der Waals surface area contributed by atoms with Crippen LogP contribution in [0, 0.1) is 0 Å². The Labute approximate surface area is 356 Å². The third-order valence-corrected chi connectivity index (χ3v) is 12.1. The van der Waals surface area contributed by atoms with Crippen LogP contribution in [0.15, 0.2) is 237 Å². The molecule has 0 saturated carbocycles. The minimum absolute atomic E-state index is 0.442. The number of pyridine rings is 1. The lowest BCUT2D eigenvalue weighted by atomic mass is 9.67. The molecule has 286 valence electrons. The molecule has 10 aromatic rings. The van der Waals surface area contributed by atoms with E-state index < -0.39 is 5.41 Å². The highest BCUT2D eigenvalue weighted by Crippen LogP contribution is 2.58. The van der Waals surface area contributed by atoms with Gasteiger partial charge in [0, 0.05) is 29.1 Å². The molecule has 0 atom stereocenters. The lowest BCUT2D eigenvalue weighted by molar-refractivity contribution is 0.768. The van der Waals surface area contributed by atoms with E-state index in [2.05, 4.69) is 205 Å². The van der Waals surface area contributed by atoms with Crippen LogP contribution in [-0.4, -0.2) is 15.0 Å². The van der Waals surface area contributed by atoms with Gasteiger partial charge in [-0.25, -0.2) is 9.97 Å². The van der Waals surface area contributed by atoms with E-state index in [1.54, 1.807) is 6.20 Å². The van der Waals surface area contributed by atoms with Gasteiger partial charge >= 0.3 is 0 Å². The normalized spacial score (nSPS) is 12.4. The first-order valence-electron chi connectivity index (χ1n) is 20.7. The van der Waals surface area contributed by atoms with E-state index in [0.717, 1.165) is 50.3 Å². The van der Waals surface area contributed by atoms with E-state index >= 15 is 0 Å². The fourth-order valence-electron chi connectivity index (χ4n) is 9.26. The Kier molecular flexibility index (Phi) is 9.05. The van der Waals surface area contributed by atoms with Gasteiger partial charge in [-0.05, 0) is 85.0 Å². The predicted octanol–water partition coefficient (Wildman–Crippen LogP) is 14.2. The molecule has 0 amide bonds. The van der Waals surface area contributed by atoms with Crippen molar-refractivity contribution in [1.29, 1.82) is 0 Å². The van der Waals surface area contributed by atoms with Gasteiger partial charge in [-0.15, -0.1) is 0 Å². The smallest absolute Gasteiger partial charge is 0.160 e. The highest BCUT2D eigenvalue weighted by molar-refractivity contribution is 5.96. The molecule has 0 radical (unpaired) electrons. The maximum atomic E-state index is 5.11. The largest absolute Gasteiger partial charge is 0.264 e. The van der Waals surface area contributed by atoms with Gasteiger partial charge in [-0.2, -0.15) is 0 Å². The number of nitrogens with zero attached hydrogens (tertiary/aromatic N) is 3. The van der Waals surface area contributed by atoms with Crippen molar-refractivity contribution in [2.24, 2.45) is 0 Å². The standard InChI is InChI=1S/C58H39N3/c1-4-15-44(16-5-1)57-60-54(38-55(61-57)43-34-30-41(31-35-43)47-19-14-36-59-39-47)42-32-28-40(29-33-42)45-17-12-18-46(37-45)50-25-13-27-53-56(50)51-24-10-11-26-52(51)58(53,48-20-6-2-7-21-48)49-22-8-3-9-23-49/h1-39H. The first kappa shape index (κ1) is 36.1. The van der Waals surface area contributed by atoms with E-state index in [9.17, 15) is 0 Å². The van der Waals surface area contributed by atoms with Crippen LogP contribution in [0.4, 0.5) is 0 Å². The summed E-state index contributed by atoms with van der Waals surface area (Å²) < 4.78 is 0. The van der Waals surface area contributed by atoms with Crippen molar-refractivity contribution in [1.82, 2.24) is 15.0 Å². The van der Waals surface area contributed by atoms with Crippen molar-refractivity contribution < 1.29 is 0 Å². The summed E-state index contributed by atoms with van der Waals surface area (Å²) in [5, 5.41) is 0. The second-order valence-electron chi connectivity index (χ2n) is 15.6. The van der Waals surface area contributed by atoms with Gasteiger partial charge in [0.25, 0.3) is 0 Å². The number of aromatic nitrogens is 3. The van der Waals surface area contributed by atoms with Gasteiger partial charge in [0.05, 0.1) is 16.8 Å². The maximum absolute atomic E-state index is 5.11. The second-order valence-corrected chi connectivity index (χ2v) is 15.6. The van der Waals surface area contributed by atoms with Crippen LogP contribution in [-0.2, 0) is 5.41 Å². The maximum Gasteiger partial charge on any atom is 0.160 e. The fourth-order valence-corrected chi connectivity index (χ4v) is 9.26. The molecule has 0 N–H and O–H groups in total. The summed E-state index contributed by atoms with van der Waals surface area (Å²) in [6, 6.07) is 80.4. The third-order valence-electron chi connectivity index (χ3n) is 12.1. The van der Waals surface area contributed by atoms with Crippen LogP contribution in [0.3, 0.4) is 0 Å². The van der Waals surface area contributed by atoms with Gasteiger partial charge < -0.3 is 0 Å². The van der Waals surface area contributed by atoms with Crippen molar-refractivity contribution in [3.8, 4) is 78.4 Å². The summed E-state index contributed by atoms with van der Waals surface area (Å²) in [6.07, 6.45) is 3.69. The lowest BCUT2D eigenvalue weighted by Crippen LogP contribution is -2.28. The summed E-state index contributed by atoms with van der Waals surface area (Å²) in [5.41, 5.74) is 19.0. The molecule has 2 heterocycles. The van der Waals surface area contributed by atoms with E-state index in [4.69, 9.17) is 9.97 Å². The summed E-state index contributed by atoms with van der Waals surface area (Å²) in [4.78, 5) is 14.5. The monoisotopic (exact) mass is 777 g/mol. The number of fused-ring (bicyclic) bond motifs is 3. The molecule has 0 aliphatic heterocycles. The predicted molar refractivity (Wildman–Crippen MR) is 250 cm³/mol. The Morgan fingerprint density at radius 2 is 0.803 bits per heavy atom. The summed E-state index contributed by atoms with van der Waals surface area (Å²) in [5.74, 6) is 0.696. The third kappa shape index (κ3) is 6.35. The van der Waals surface area contributed by atoms with Gasteiger partial charge in [-0.1, -0.05) is 206 Å². The molecule has 3 heteroatoms. The van der Waals surface area contributed by atoms with Crippen LogP contribution >= 0.6 is 0 Å². The molecular formula is C58H39N3. The molecule has 3 nitrogen and oxygen atoms in total.